The number of nitrogens with zero attached hydrogens (tertiary/aromatic N) is 3. The van der Waals surface area contributed by atoms with Gasteiger partial charge in [-0.1, -0.05) is 45.7 Å². The Hall–Kier alpha value is -2.43. The summed E-state index contributed by atoms with van der Waals surface area (Å²) in [6, 6.07) is 9.65. The Kier molecular flexibility index (Phi) is 5.55. The van der Waals surface area contributed by atoms with Crippen LogP contribution >= 0.6 is 0 Å². The molecule has 1 aliphatic heterocycles. The second kappa shape index (κ2) is 7.85. The number of benzene rings is 1. The lowest BCUT2D eigenvalue weighted by molar-refractivity contribution is 0.102. The molecule has 2 aromatic rings. The molecule has 1 aromatic heterocycles. The standard InChI is InChI=1S/C21H28N4O/c1-21(2,3)16-8-10-17(11-9-16)23-19(26)18-12-13-22-20(24-18)25-14-6-4-5-7-15-25/h8-13H,4-7,14-15H2,1-3H3,(H,23,26). The number of amides is 1. The van der Waals surface area contributed by atoms with E-state index in [1.54, 1.807) is 12.3 Å². The first kappa shape index (κ1) is 18.4. The molecular formula is C21H28N4O. The molecule has 0 aliphatic carbocycles. The lowest BCUT2D eigenvalue weighted by atomic mass is 9.87. The van der Waals surface area contributed by atoms with Crippen LogP contribution in [0, 0.1) is 0 Å². The SMILES string of the molecule is CC(C)(C)c1ccc(NC(=O)c2ccnc(N3CCCCCC3)n2)cc1. The van der Waals surface area contributed by atoms with Gasteiger partial charge in [0, 0.05) is 25.0 Å². The Labute approximate surface area is 155 Å². The number of carbonyl (C=O) groups is 1. The van der Waals surface area contributed by atoms with Crippen LogP contribution in [0.2, 0.25) is 0 Å². The zero-order valence-electron chi connectivity index (χ0n) is 16.0. The van der Waals surface area contributed by atoms with Gasteiger partial charge in [-0.2, -0.15) is 0 Å². The van der Waals surface area contributed by atoms with Crippen LogP contribution in [0.5, 0.6) is 0 Å². The van der Waals surface area contributed by atoms with E-state index in [1.807, 2.05) is 12.1 Å². The van der Waals surface area contributed by atoms with Crippen LogP contribution < -0.4 is 10.2 Å². The second-order valence-electron chi connectivity index (χ2n) is 7.92. The van der Waals surface area contributed by atoms with E-state index in [9.17, 15) is 4.79 Å². The summed E-state index contributed by atoms with van der Waals surface area (Å²) in [4.78, 5) is 23.6. The highest BCUT2D eigenvalue weighted by atomic mass is 16.1. The summed E-state index contributed by atoms with van der Waals surface area (Å²) >= 11 is 0. The van der Waals surface area contributed by atoms with Gasteiger partial charge in [0.05, 0.1) is 0 Å². The summed E-state index contributed by atoms with van der Waals surface area (Å²) in [6.45, 7) is 8.43. The van der Waals surface area contributed by atoms with Gasteiger partial charge in [0.25, 0.3) is 5.91 Å². The third kappa shape index (κ3) is 4.59. The Bertz CT molecular complexity index is 741. The molecule has 1 fully saturated rings. The molecule has 5 heteroatoms. The quantitative estimate of drug-likeness (QED) is 0.889. The Morgan fingerprint density at radius 1 is 1.00 bits per heavy atom. The maximum atomic E-state index is 12.6. The van der Waals surface area contributed by atoms with Crippen molar-refractivity contribution in [3.8, 4) is 0 Å². The third-order valence-electron chi connectivity index (χ3n) is 4.77. The molecule has 2 heterocycles. The largest absolute Gasteiger partial charge is 0.341 e. The first-order valence-electron chi connectivity index (χ1n) is 9.43. The maximum absolute atomic E-state index is 12.6. The molecule has 5 nitrogen and oxygen atoms in total. The van der Waals surface area contributed by atoms with Crippen molar-refractivity contribution in [3.63, 3.8) is 0 Å². The maximum Gasteiger partial charge on any atom is 0.274 e. The van der Waals surface area contributed by atoms with Gasteiger partial charge in [0.1, 0.15) is 5.69 Å². The van der Waals surface area contributed by atoms with Crippen molar-refractivity contribution in [1.29, 1.82) is 0 Å². The van der Waals surface area contributed by atoms with E-state index < -0.39 is 0 Å². The number of anilines is 2. The smallest absolute Gasteiger partial charge is 0.274 e. The Balaban J connectivity index is 1.70. The van der Waals surface area contributed by atoms with Crippen molar-refractivity contribution < 1.29 is 4.79 Å². The summed E-state index contributed by atoms with van der Waals surface area (Å²) < 4.78 is 0. The van der Waals surface area contributed by atoms with E-state index >= 15 is 0 Å². The van der Waals surface area contributed by atoms with Gasteiger partial charge >= 0.3 is 0 Å². The lowest BCUT2D eigenvalue weighted by Gasteiger charge is -2.20. The highest BCUT2D eigenvalue weighted by Crippen LogP contribution is 2.23. The lowest BCUT2D eigenvalue weighted by Crippen LogP contribution is -2.27. The van der Waals surface area contributed by atoms with Crippen molar-refractivity contribution >= 4 is 17.5 Å². The minimum atomic E-state index is -0.202. The van der Waals surface area contributed by atoms with Gasteiger partial charge < -0.3 is 10.2 Å². The molecule has 0 radical (unpaired) electrons. The van der Waals surface area contributed by atoms with Crippen LogP contribution in [0.15, 0.2) is 36.5 Å². The summed E-state index contributed by atoms with van der Waals surface area (Å²) in [5.74, 6) is 0.453. The van der Waals surface area contributed by atoms with Gasteiger partial charge in [-0.25, -0.2) is 9.97 Å². The number of hydrogen-bond donors (Lipinski definition) is 1. The number of nitrogens with one attached hydrogen (secondary N) is 1. The van der Waals surface area contributed by atoms with Gasteiger partial charge in [-0.05, 0) is 42.0 Å². The van der Waals surface area contributed by atoms with Crippen molar-refractivity contribution in [3.05, 3.63) is 47.8 Å². The van der Waals surface area contributed by atoms with Crippen LogP contribution in [0.4, 0.5) is 11.6 Å². The van der Waals surface area contributed by atoms with Crippen molar-refractivity contribution in [2.45, 2.75) is 51.9 Å². The first-order chi connectivity index (χ1) is 12.4. The second-order valence-corrected chi connectivity index (χ2v) is 7.92. The monoisotopic (exact) mass is 352 g/mol. The molecule has 0 unspecified atom stereocenters. The van der Waals surface area contributed by atoms with Crippen molar-refractivity contribution in [2.75, 3.05) is 23.3 Å². The molecule has 26 heavy (non-hydrogen) atoms. The van der Waals surface area contributed by atoms with Gasteiger partial charge in [-0.15, -0.1) is 0 Å². The minimum absolute atomic E-state index is 0.0945. The van der Waals surface area contributed by atoms with E-state index in [-0.39, 0.29) is 11.3 Å². The highest BCUT2D eigenvalue weighted by molar-refractivity contribution is 6.02. The first-order valence-corrected chi connectivity index (χ1v) is 9.43. The van der Waals surface area contributed by atoms with Crippen LogP contribution in [0.3, 0.4) is 0 Å². The molecule has 0 saturated carbocycles. The predicted molar refractivity (Wildman–Crippen MR) is 106 cm³/mol. The van der Waals surface area contributed by atoms with E-state index in [2.05, 4.69) is 53.1 Å². The molecule has 0 bridgehead atoms. The summed E-state index contributed by atoms with van der Waals surface area (Å²) in [7, 11) is 0. The van der Waals surface area contributed by atoms with Crippen LogP contribution in [-0.2, 0) is 5.41 Å². The predicted octanol–water partition coefficient (Wildman–Crippen LogP) is 4.41. The molecule has 1 amide bonds. The average Bonchev–Trinajstić information content (AvgIpc) is 2.91. The molecule has 0 atom stereocenters. The Morgan fingerprint density at radius 3 is 2.27 bits per heavy atom. The van der Waals surface area contributed by atoms with Gasteiger partial charge in [0.2, 0.25) is 5.95 Å². The molecule has 138 valence electrons. The molecule has 1 N–H and O–H groups in total. The molecular weight excluding hydrogens is 324 g/mol. The van der Waals surface area contributed by atoms with Gasteiger partial charge in [0.15, 0.2) is 0 Å². The summed E-state index contributed by atoms with van der Waals surface area (Å²) in [6.07, 6.45) is 6.48. The third-order valence-corrected chi connectivity index (χ3v) is 4.77. The molecule has 3 rings (SSSR count). The topological polar surface area (TPSA) is 58.1 Å². The van der Waals surface area contributed by atoms with Crippen LogP contribution in [-0.4, -0.2) is 29.0 Å². The summed E-state index contributed by atoms with van der Waals surface area (Å²) in [5, 5.41) is 2.93. The number of hydrogen-bond acceptors (Lipinski definition) is 4. The molecule has 1 saturated heterocycles. The zero-order valence-corrected chi connectivity index (χ0v) is 16.0. The van der Waals surface area contributed by atoms with E-state index in [1.165, 1.54) is 18.4 Å². The summed E-state index contributed by atoms with van der Waals surface area (Å²) in [5.41, 5.74) is 2.51. The number of rotatable bonds is 3. The van der Waals surface area contributed by atoms with E-state index in [0.717, 1.165) is 31.6 Å². The van der Waals surface area contributed by atoms with Crippen molar-refractivity contribution in [1.82, 2.24) is 9.97 Å². The highest BCUT2D eigenvalue weighted by Gasteiger charge is 2.16. The fourth-order valence-electron chi connectivity index (χ4n) is 3.15. The number of carbonyl (C=O) groups excluding carboxylic acids is 1. The van der Waals surface area contributed by atoms with E-state index in [4.69, 9.17) is 0 Å². The molecule has 1 aliphatic rings. The number of aromatic nitrogens is 2. The zero-order chi connectivity index (χ0) is 18.6. The minimum Gasteiger partial charge on any atom is -0.341 e. The van der Waals surface area contributed by atoms with Crippen LogP contribution in [0.25, 0.3) is 0 Å². The molecule has 1 aromatic carbocycles. The molecule has 0 spiro atoms. The average molecular weight is 352 g/mol. The van der Waals surface area contributed by atoms with Gasteiger partial charge in [-0.3, -0.25) is 4.79 Å². The normalized spacial score (nSPS) is 15.4. The fraction of sp³-hybridized carbons (Fsp3) is 0.476. The Morgan fingerprint density at radius 2 is 1.65 bits per heavy atom. The fourth-order valence-corrected chi connectivity index (χ4v) is 3.15. The van der Waals surface area contributed by atoms with Crippen molar-refractivity contribution in [2.24, 2.45) is 0 Å². The van der Waals surface area contributed by atoms with Crippen LogP contribution in [0.1, 0.15) is 62.5 Å². The van der Waals surface area contributed by atoms with E-state index in [0.29, 0.717) is 11.6 Å².